The van der Waals surface area contributed by atoms with Gasteiger partial charge in [-0.2, -0.15) is 0 Å². The van der Waals surface area contributed by atoms with Gasteiger partial charge in [-0.3, -0.25) is 15.0 Å². The van der Waals surface area contributed by atoms with Crippen LogP contribution in [0.5, 0.6) is 11.5 Å². The highest BCUT2D eigenvalue weighted by atomic mass is 19.1. The Bertz CT molecular complexity index is 848. The smallest absolute Gasteiger partial charge is 0.271 e. The van der Waals surface area contributed by atoms with Crippen molar-refractivity contribution in [2.45, 2.75) is 0 Å². The summed E-state index contributed by atoms with van der Waals surface area (Å²) in [5.41, 5.74) is 2.54. The lowest BCUT2D eigenvalue weighted by atomic mass is 10.1. The number of hydrogen-bond donors (Lipinski definition) is 2. The third kappa shape index (κ3) is 3.11. The van der Waals surface area contributed by atoms with E-state index in [0.29, 0.717) is 11.3 Å². The summed E-state index contributed by atoms with van der Waals surface area (Å²) in [4.78, 5) is 23.4. The number of ketones is 1. The molecule has 0 atom stereocenters. The second-order valence-corrected chi connectivity index (χ2v) is 4.98. The van der Waals surface area contributed by atoms with Gasteiger partial charge >= 0.3 is 0 Å². The molecule has 1 heterocycles. The van der Waals surface area contributed by atoms with Crippen LogP contribution in [0.2, 0.25) is 0 Å². The fourth-order valence-electron chi connectivity index (χ4n) is 2.18. The lowest BCUT2D eigenvalue weighted by Gasteiger charge is -2.06. The molecule has 0 unspecified atom stereocenters. The van der Waals surface area contributed by atoms with Gasteiger partial charge in [-0.15, -0.1) is 0 Å². The minimum Gasteiger partial charge on any atom is -0.484 e. The predicted molar refractivity (Wildman–Crippen MR) is 83.6 cm³/mol. The molecular weight excluding hydrogens is 315 g/mol. The average molecular weight is 328 g/mol. The summed E-state index contributed by atoms with van der Waals surface area (Å²) in [7, 11) is 0. The minimum absolute atomic E-state index is 0.0203. The maximum Gasteiger partial charge on any atom is 0.271 e. The number of fused-ring (bicyclic) bond motifs is 1. The molecule has 6 nitrogen and oxygen atoms in total. The standard InChI is InChI=1S/C17H13FN2O4/c18-13-4-2-1-3-10(13)7-15-17(22)12-6-5-11(8-14(12)24-15)23-9-16(21)20-19/h1-8H,9,19H2,(H,20,21)/b15-7-. The Morgan fingerprint density at radius 1 is 1.29 bits per heavy atom. The van der Waals surface area contributed by atoms with Gasteiger partial charge in [-0.1, -0.05) is 18.2 Å². The number of Topliss-reactive ketones (excluding diaryl/α,β-unsaturated/α-hetero) is 1. The van der Waals surface area contributed by atoms with Gasteiger partial charge in [-0.05, 0) is 24.3 Å². The highest BCUT2D eigenvalue weighted by molar-refractivity contribution is 6.14. The first kappa shape index (κ1) is 15.7. The highest BCUT2D eigenvalue weighted by Crippen LogP contribution is 2.35. The molecule has 7 heteroatoms. The van der Waals surface area contributed by atoms with Crippen molar-refractivity contribution in [2.24, 2.45) is 5.84 Å². The molecule has 0 aliphatic carbocycles. The van der Waals surface area contributed by atoms with Crippen LogP contribution >= 0.6 is 0 Å². The lowest BCUT2D eigenvalue weighted by Crippen LogP contribution is -2.34. The number of nitrogens with one attached hydrogen (secondary N) is 1. The zero-order chi connectivity index (χ0) is 17.1. The van der Waals surface area contributed by atoms with Crippen LogP contribution in [0.1, 0.15) is 15.9 Å². The molecule has 24 heavy (non-hydrogen) atoms. The van der Waals surface area contributed by atoms with Crippen molar-refractivity contribution in [1.82, 2.24) is 5.43 Å². The number of hydrogen-bond acceptors (Lipinski definition) is 5. The highest BCUT2D eigenvalue weighted by Gasteiger charge is 2.28. The topological polar surface area (TPSA) is 90.7 Å². The molecule has 0 aromatic heterocycles. The number of rotatable bonds is 4. The van der Waals surface area contributed by atoms with Gasteiger partial charge < -0.3 is 9.47 Å². The van der Waals surface area contributed by atoms with E-state index in [1.807, 2.05) is 5.43 Å². The molecule has 2 aromatic rings. The number of carbonyl (C=O) groups is 2. The number of nitrogens with two attached hydrogens (primary N) is 1. The van der Waals surface area contributed by atoms with E-state index in [4.69, 9.17) is 15.3 Å². The van der Waals surface area contributed by atoms with Gasteiger partial charge in [-0.25, -0.2) is 10.2 Å². The van der Waals surface area contributed by atoms with Crippen molar-refractivity contribution in [2.75, 3.05) is 6.61 Å². The molecular formula is C17H13FN2O4. The fourth-order valence-corrected chi connectivity index (χ4v) is 2.18. The van der Waals surface area contributed by atoms with Crippen molar-refractivity contribution in [1.29, 1.82) is 0 Å². The van der Waals surface area contributed by atoms with Crippen molar-refractivity contribution in [3.8, 4) is 11.5 Å². The van der Waals surface area contributed by atoms with E-state index in [0.717, 1.165) is 0 Å². The Kier molecular flexibility index (Phi) is 4.26. The predicted octanol–water partition coefficient (Wildman–Crippen LogP) is 1.81. The van der Waals surface area contributed by atoms with E-state index in [1.165, 1.54) is 30.3 Å². The van der Waals surface area contributed by atoms with Gasteiger partial charge in [0.1, 0.15) is 17.3 Å². The molecule has 1 aliphatic rings. The summed E-state index contributed by atoms with van der Waals surface area (Å²) < 4.78 is 24.4. The largest absolute Gasteiger partial charge is 0.484 e. The second kappa shape index (κ2) is 6.51. The van der Waals surface area contributed by atoms with E-state index in [-0.39, 0.29) is 29.5 Å². The maximum absolute atomic E-state index is 13.7. The van der Waals surface area contributed by atoms with Gasteiger partial charge in [0.25, 0.3) is 5.91 Å². The number of benzene rings is 2. The average Bonchev–Trinajstić information content (AvgIpc) is 2.90. The number of amides is 1. The quantitative estimate of drug-likeness (QED) is 0.387. The van der Waals surface area contributed by atoms with Crippen molar-refractivity contribution in [3.63, 3.8) is 0 Å². The van der Waals surface area contributed by atoms with Crippen molar-refractivity contribution >= 4 is 17.8 Å². The molecule has 1 aliphatic heterocycles. The molecule has 0 saturated carbocycles. The Balaban J connectivity index is 1.82. The third-order valence-electron chi connectivity index (χ3n) is 3.36. The van der Waals surface area contributed by atoms with Crippen LogP contribution in [-0.2, 0) is 4.79 Å². The first-order valence-electron chi connectivity index (χ1n) is 7.03. The Labute approximate surface area is 136 Å². The lowest BCUT2D eigenvalue weighted by molar-refractivity contribution is -0.123. The summed E-state index contributed by atoms with van der Waals surface area (Å²) in [6.07, 6.45) is 1.35. The van der Waals surface area contributed by atoms with E-state index < -0.39 is 11.7 Å². The number of halogens is 1. The first-order valence-corrected chi connectivity index (χ1v) is 7.03. The van der Waals surface area contributed by atoms with Gasteiger partial charge in [0.05, 0.1) is 5.56 Å². The molecule has 0 saturated heterocycles. The van der Waals surface area contributed by atoms with E-state index in [9.17, 15) is 14.0 Å². The maximum atomic E-state index is 13.7. The molecule has 122 valence electrons. The second-order valence-electron chi connectivity index (χ2n) is 4.98. The number of carbonyl (C=O) groups excluding carboxylic acids is 2. The first-order chi connectivity index (χ1) is 11.6. The van der Waals surface area contributed by atoms with E-state index in [1.54, 1.807) is 18.2 Å². The van der Waals surface area contributed by atoms with Gasteiger partial charge in [0, 0.05) is 11.6 Å². The summed E-state index contributed by atoms with van der Waals surface area (Å²) >= 11 is 0. The van der Waals surface area contributed by atoms with Crippen LogP contribution in [0.4, 0.5) is 4.39 Å². The molecule has 3 rings (SSSR count). The molecule has 3 N–H and O–H groups in total. The SMILES string of the molecule is NNC(=O)COc1ccc2c(c1)O/C(=C\c1ccccc1F)C2=O. The number of hydrazine groups is 1. The van der Waals surface area contributed by atoms with Crippen LogP contribution in [-0.4, -0.2) is 18.3 Å². The monoisotopic (exact) mass is 328 g/mol. The Hall–Kier alpha value is -3.19. The van der Waals surface area contributed by atoms with Crippen LogP contribution in [0.15, 0.2) is 48.2 Å². The minimum atomic E-state index is -0.493. The van der Waals surface area contributed by atoms with Crippen LogP contribution in [0.25, 0.3) is 6.08 Å². The fraction of sp³-hybridized carbons (Fsp3) is 0.0588. The summed E-state index contributed by atoms with van der Waals surface area (Å²) in [6.45, 7) is -0.263. The molecule has 0 fully saturated rings. The summed E-state index contributed by atoms with van der Waals surface area (Å²) in [5, 5.41) is 0. The third-order valence-corrected chi connectivity index (χ3v) is 3.36. The Morgan fingerprint density at radius 2 is 2.08 bits per heavy atom. The molecule has 2 aromatic carbocycles. The molecule has 0 spiro atoms. The molecule has 1 amide bonds. The van der Waals surface area contributed by atoms with Gasteiger partial charge in [0.15, 0.2) is 12.4 Å². The zero-order valence-electron chi connectivity index (χ0n) is 12.4. The Morgan fingerprint density at radius 3 is 2.83 bits per heavy atom. The molecule has 0 radical (unpaired) electrons. The van der Waals surface area contributed by atoms with Crippen molar-refractivity contribution in [3.05, 3.63) is 65.2 Å². The van der Waals surface area contributed by atoms with E-state index >= 15 is 0 Å². The van der Waals surface area contributed by atoms with Gasteiger partial charge in [0.2, 0.25) is 5.78 Å². The summed E-state index contributed by atoms with van der Waals surface area (Å²) in [5.74, 6) is 4.32. The normalized spacial score (nSPS) is 14.2. The molecule has 0 bridgehead atoms. The van der Waals surface area contributed by atoms with Crippen LogP contribution in [0.3, 0.4) is 0 Å². The number of allylic oxidation sites excluding steroid dienone is 1. The zero-order valence-corrected chi connectivity index (χ0v) is 12.4. The number of ether oxygens (including phenoxy) is 2. The van der Waals surface area contributed by atoms with Crippen LogP contribution in [0, 0.1) is 5.82 Å². The van der Waals surface area contributed by atoms with E-state index in [2.05, 4.69) is 0 Å². The summed E-state index contributed by atoms with van der Waals surface area (Å²) in [6, 6.07) is 10.6. The van der Waals surface area contributed by atoms with Crippen LogP contribution < -0.4 is 20.7 Å². The van der Waals surface area contributed by atoms with Crippen molar-refractivity contribution < 1.29 is 23.5 Å².